The molecule has 176 valence electrons. The molecule has 3 aromatic rings. The Bertz CT molecular complexity index is 954. The molecule has 1 fully saturated rings. The average molecular weight is 506 g/mol. The third-order valence-corrected chi connectivity index (χ3v) is 6.31. The van der Waals surface area contributed by atoms with Crippen molar-refractivity contribution in [1.29, 1.82) is 0 Å². The second-order valence-electron chi connectivity index (χ2n) is 7.57. The van der Waals surface area contributed by atoms with E-state index in [0.717, 1.165) is 55.1 Å². The summed E-state index contributed by atoms with van der Waals surface area (Å²) in [4.78, 5) is 6.86. The number of halogens is 4. The minimum atomic E-state index is -0.956. The maximum Gasteiger partial charge on any atom is 0.162 e. The van der Waals surface area contributed by atoms with Crippen molar-refractivity contribution in [2.75, 3.05) is 26.2 Å². The highest BCUT2D eigenvalue weighted by Gasteiger charge is 2.21. The molecule has 1 atom stereocenters. The van der Waals surface area contributed by atoms with Crippen molar-refractivity contribution in [3.63, 3.8) is 0 Å². The number of aliphatic hydroxyl groups excluding tert-OH is 1. The van der Waals surface area contributed by atoms with Gasteiger partial charge in [0.2, 0.25) is 0 Å². The van der Waals surface area contributed by atoms with Crippen LogP contribution in [0, 0.1) is 11.6 Å². The number of aromatic nitrogens is 1. The highest BCUT2D eigenvalue weighted by Crippen LogP contribution is 2.22. The Labute approximate surface area is 202 Å². The quantitative estimate of drug-likeness (QED) is 0.474. The van der Waals surface area contributed by atoms with Crippen molar-refractivity contribution in [1.82, 2.24) is 15.2 Å². The lowest BCUT2D eigenvalue weighted by Gasteiger charge is -2.33. The van der Waals surface area contributed by atoms with Gasteiger partial charge < -0.3 is 20.1 Å². The molecule has 0 bridgehead atoms. The van der Waals surface area contributed by atoms with Crippen LogP contribution in [-0.4, -0.2) is 53.4 Å². The Hall–Kier alpha value is -1.55. The first-order chi connectivity index (χ1) is 14.6. The van der Waals surface area contributed by atoms with Gasteiger partial charge in [0.15, 0.2) is 11.6 Å². The molecule has 1 saturated heterocycles. The van der Waals surface area contributed by atoms with Gasteiger partial charge in [0.25, 0.3) is 0 Å². The molecule has 1 aliphatic heterocycles. The number of β-amino-alcohol motifs (C(OH)–C–C–N with tert-alkyl or cyclic N) is 1. The molecule has 0 saturated carbocycles. The van der Waals surface area contributed by atoms with E-state index in [9.17, 15) is 13.9 Å². The molecule has 10 heteroatoms. The summed E-state index contributed by atoms with van der Waals surface area (Å²) in [6, 6.07) is 12.0. The van der Waals surface area contributed by atoms with Gasteiger partial charge in [-0.25, -0.2) is 13.8 Å². The molecule has 32 heavy (non-hydrogen) atoms. The van der Waals surface area contributed by atoms with Crippen LogP contribution in [0.5, 0.6) is 5.75 Å². The zero-order valence-corrected chi connectivity index (χ0v) is 19.8. The van der Waals surface area contributed by atoms with Crippen LogP contribution in [0.3, 0.4) is 0 Å². The van der Waals surface area contributed by atoms with Crippen LogP contribution in [-0.2, 0) is 6.54 Å². The van der Waals surface area contributed by atoms with Crippen molar-refractivity contribution >= 4 is 46.4 Å². The first-order valence-corrected chi connectivity index (χ1v) is 10.9. The smallest absolute Gasteiger partial charge is 0.162 e. The summed E-state index contributed by atoms with van der Waals surface area (Å²) in [5, 5.41) is 14.9. The van der Waals surface area contributed by atoms with Gasteiger partial charge in [0, 0.05) is 25.2 Å². The standard InChI is InChI=1S/C22H25F2N3O2S.2ClH/c23-18-6-5-17(11-19(18)24)29-14-16(28)13-27-9-7-15(8-10-27)25-12-22-26-20-3-1-2-4-21(20)30-22;;/h1-6,11,15-16,25,28H,7-10,12-14H2;2*1H/t16-;;/m0../s1. The topological polar surface area (TPSA) is 57.6 Å². The van der Waals surface area contributed by atoms with Crippen molar-refractivity contribution < 1.29 is 18.6 Å². The Morgan fingerprint density at radius 1 is 1.12 bits per heavy atom. The summed E-state index contributed by atoms with van der Waals surface area (Å²) in [6.45, 7) is 3.09. The van der Waals surface area contributed by atoms with E-state index >= 15 is 0 Å². The van der Waals surface area contributed by atoms with Gasteiger partial charge >= 0.3 is 0 Å². The molecule has 0 aliphatic carbocycles. The molecular formula is C22H27Cl2F2N3O2S. The predicted octanol–water partition coefficient (Wildman–Crippen LogP) is 4.41. The van der Waals surface area contributed by atoms with Gasteiger partial charge in [0.1, 0.15) is 23.5 Å². The number of piperidine rings is 1. The fourth-order valence-corrected chi connectivity index (χ4v) is 4.57. The largest absolute Gasteiger partial charge is 0.491 e. The van der Waals surface area contributed by atoms with Crippen LogP contribution < -0.4 is 10.1 Å². The van der Waals surface area contributed by atoms with Crippen molar-refractivity contribution in [2.45, 2.75) is 31.5 Å². The Morgan fingerprint density at radius 2 is 1.88 bits per heavy atom. The number of hydrogen-bond donors (Lipinski definition) is 2. The lowest BCUT2D eigenvalue weighted by molar-refractivity contribution is 0.0577. The van der Waals surface area contributed by atoms with Crippen LogP contribution in [0.25, 0.3) is 10.2 Å². The Balaban J connectivity index is 0.00000181. The molecular weight excluding hydrogens is 479 g/mol. The van der Waals surface area contributed by atoms with Gasteiger partial charge in [-0.15, -0.1) is 36.2 Å². The number of benzene rings is 2. The molecule has 1 aliphatic rings. The summed E-state index contributed by atoms with van der Waals surface area (Å²) in [5.41, 5.74) is 1.05. The number of ether oxygens (including phenoxy) is 1. The van der Waals surface area contributed by atoms with Gasteiger partial charge in [-0.1, -0.05) is 12.1 Å². The highest BCUT2D eigenvalue weighted by atomic mass is 35.5. The van der Waals surface area contributed by atoms with E-state index in [1.165, 1.54) is 10.8 Å². The fourth-order valence-electron chi connectivity index (χ4n) is 3.66. The van der Waals surface area contributed by atoms with E-state index in [0.29, 0.717) is 12.6 Å². The molecule has 2 aromatic carbocycles. The monoisotopic (exact) mass is 505 g/mol. The number of nitrogens with one attached hydrogen (secondary N) is 1. The van der Waals surface area contributed by atoms with Crippen molar-refractivity contribution in [3.05, 3.63) is 59.1 Å². The summed E-state index contributed by atoms with van der Waals surface area (Å²) in [7, 11) is 0. The third-order valence-electron chi connectivity index (χ3n) is 5.27. The SMILES string of the molecule is Cl.Cl.O[C@H](COc1ccc(F)c(F)c1)CN1CCC(NCc2nc3ccccc3s2)CC1. The fraction of sp³-hybridized carbons (Fsp3) is 0.409. The Kier molecular flexibility index (Phi) is 10.5. The lowest BCUT2D eigenvalue weighted by atomic mass is 10.0. The normalized spacial score (nSPS) is 15.7. The number of thiazole rings is 1. The Morgan fingerprint density at radius 3 is 2.59 bits per heavy atom. The number of nitrogens with zero attached hydrogens (tertiary/aromatic N) is 2. The second kappa shape index (κ2) is 12.6. The van der Waals surface area contributed by atoms with Crippen molar-refractivity contribution in [2.24, 2.45) is 0 Å². The highest BCUT2D eigenvalue weighted by molar-refractivity contribution is 7.18. The number of hydrogen-bond acceptors (Lipinski definition) is 6. The molecule has 2 N–H and O–H groups in total. The van der Waals surface area contributed by atoms with E-state index in [1.54, 1.807) is 11.3 Å². The summed E-state index contributed by atoms with van der Waals surface area (Å²) in [6.07, 6.45) is 1.31. The van der Waals surface area contributed by atoms with E-state index in [-0.39, 0.29) is 37.2 Å². The van der Waals surface area contributed by atoms with Crippen LogP contribution in [0.15, 0.2) is 42.5 Å². The predicted molar refractivity (Wildman–Crippen MR) is 128 cm³/mol. The summed E-state index contributed by atoms with van der Waals surface area (Å²) >= 11 is 1.72. The number of likely N-dealkylation sites (tertiary alicyclic amines) is 1. The third kappa shape index (κ3) is 7.23. The number of fused-ring (bicyclic) bond motifs is 1. The summed E-state index contributed by atoms with van der Waals surface area (Å²) in [5.74, 6) is -1.66. The minimum absolute atomic E-state index is 0. The van der Waals surface area contributed by atoms with Gasteiger partial charge in [-0.05, 0) is 50.2 Å². The van der Waals surface area contributed by atoms with Crippen LogP contribution in [0.2, 0.25) is 0 Å². The zero-order valence-electron chi connectivity index (χ0n) is 17.4. The molecule has 5 nitrogen and oxygen atoms in total. The zero-order chi connectivity index (χ0) is 20.9. The second-order valence-corrected chi connectivity index (χ2v) is 8.69. The van der Waals surface area contributed by atoms with E-state index in [2.05, 4.69) is 21.3 Å². The molecule has 0 amide bonds. The molecule has 0 unspecified atom stereocenters. The van der Waals surface area contributed by atoms with E-state index in [4.69, 9.17) is 4.74 Å². The summed E-state index contributed by atoms with van der Waals surface area (Å²) < 4.78 is 32.7. The van der Waals surface area contributed by atoms with Gasteiger partial charge in [-0.3, -0.25) is 0 Å². The minimum Gasteiger partial charge on any atom is -0.491 e. The maximum atomic E-state index is 13.2. The van der Waals surface area contributed by atoms with E-state index in [1.807, 2.05) is 18.2 Å². The molecule has 0 spiro atoms. The van der Waals surface area contributed by atoms with Crippen LogP contribution in [0.1, 0.15) is 17.8 Å². The molecule has 4 rings (SSSR count). The maximum absolute atomic E-state index is 13.2. The first-order valence-electron chi connectivity index (χ1n) is 10.1. The van der Waals surface area contributed by atoms with Gasteiger partial charge in [0.05, 0.1) is 10.2 Å². The molecule has 2 heterocycles. The molecule has 1 aromatic heterocycles. The van der Waals surface area contributed by atoms with Crippen LogP contribution in [0.4, 0.5) is 8.78 Å². The van der Waals surface area contributed by atoms with E-state index < -0.39 is 17.7 Å². The van der Waals surface area contributed by atoms with Crippen molar-refractivity contribution in [3.8, 4) is 5.75 Å². The average Bonchev–Trinajstić information content (AvgIpc) is 3.17. The molecule has 0 radical (unpaired) electrons. The number of para-hydroxylation sites is 1. The lowest BCUT2D eigenvalue weighted by Crippen LogP contribution is -2.45. The van der Waals surface area contributed by atoms with Crippen LogP contribution >= 0.6 is 36.2 Å². The number of aliphatic hydroxyl groups is 1. The first kappa shape index (κ1) is 26.7. The number of rotatable bonds is 8. The van der Waals surface area contributed by atoms with Gasteiger partial charge in [-0.2, -0.15) is 0 Å².